The Labute approximate surface area is 155 Å². The van der Waals surface area contributed by atoms with E-state index in [1.54, 1.807) is 12.4 Å². The van der Waals surface area contributed by atoms with E-state index in [9.17, 15) is 4.79 Å². The van der Waals surface area contributed by atoms with Gasteiger partial charge in [0.1, 0.15) is 5.82 Å². The van der Waals surface area contributed by atoms with Crippen molar-refractivity contribution in [3.63, 3.8) is 0 Å². The number of piperidine rings is 1. The van der Waals surface area contributed by atoms with Gasteiger partial charge in [0, 0.05) is 50.4 Å². The second kappa shape index (κ2) is 7.44. The van der Waals surface area contributed by atoms with Crippen LogP contribution in [0.4, 0.5) is 5.82 Å². The van der Waals surface area contributed by atoms with Crippen molar-refractivity contribution in [2.45, 2.75) is 32.1 Å². The van der Waals surface area contributed by atoms with Gasteiger partial charge >= 0.3 is 0 Å². The number of anilines is 1. The van der Waals surface area contributed by atoms with E-state index in [1.807, 2.05) is 12.3 Å². The summed E-state index contributed by atoms with van der Waals surface area (Å²) >= 11 is 0. The molecule has 0 saturated carbocycles. The van der Waals surface area contributed by atoms with Gasteiger partial charge in [0.2, 0.25) is 5.91 Å². The van der Waals surface area contributed by atoms with E-state index in [1.165, 1.54) is 5.56 Å². The minimum atomic E-state index is 0.169. The second-order valence-electron chi connectivity index (χ2n) is 7.63. The molecule has 0 atom stereocenters. The molecule has 2 saturated heterocycles. The number of nitrogens with zero attached hydrogens (tertiary/aromatic N) is 4. The average Bonchev–Trinajstić information content (AvgIpc) is 2.99. The summed E-state index contributed by atoms with van der Waals surface area (Å²) in [5, 5.41) is 0. The first-order valence-electron chi connectivity index (χ1n) is 9.57. The molecule has 1 amide bonds. The van der Waals surface area contributed by atoms with E-state index in [4.69, 9.17) is 0 Å². The van der Waals surface area contributed by atoms with Crippen LogP contribution in [0.3, 0.4) is 0 Å². The predicted octanol–water partition coefficient (Wildman–Crippen LogP) is 2.93. The van der Waals surface area contributed by atoms with E-state index in [0.29, 0.717) is 12.3 Å². The molecule has 0 aliphatic carbocycles. The van der Waals surface area contributed by atoms with Crippen LogP contribution in [0.2, 0.25) is 0 Å². The molecule has 136 valence electrons. The Morgan fingerprint density at radius 3 is 2.62 bits per heavy atom. The molecule has 5 nitrogen and oxygen atoms in total. The number of hydrogen-bond acceptors (Lipinski definition) is 4. The van der Waals surface area contributed by atoms with Crippen molar-refractivity contribution < 1.29 is 4.79 Å². The molecule has 1 spiro atoms. The standard InChI is InChI=1S/C21H26N4O/c26-20-15-21(8-13-24(14-9-21)19-16-22-10-11-23-19)17-25(20)12-4-7-18-5-2-1-3-6-18/h1-3,5-6,10-11,16H,4,7-9,12-15,17H2. The van der Waals surface area contributed by atoms with E-state index in [2.05, 4.69) is 44.0 Å². The number of hydrogen-bond donors (Lipinski definition) is 0. The van der Waals surface area contributed by atoms with E-state index < -0.39 is 0 Å². The summed E-state index contributed by atoms with van der Waals surface area (Å²) in [5.41, 5.74) is 1.52. The first-order valence-corrected chi connectivity index (χ1v) is 9.57. The minimum absolute atomic E-state index is 0.169. The molecule has 5 heteroatoms. The Hall–Kier alpha value is -2.43. The van der Waals surface area contributed by atoms with Gasteiger partial charge in [-0.2, -0.15) is 0 Å². The van der Waals surface area contributed by atoms with Crippen LogP contribution in [0.25, 0.3) is 0 Å². The first-order chi connectivity index (χ1) is 12.7. The fourth-order valence-electron chi connectivity index (χ4n) is 4.30. The number of amides is 1. The molecule has 1 aromatic heterocycles. The molecule has 0 bridgehead atoms. The Bertz CT molecular complexity index is 726. The average molecular weight is 350 g/mol. The predicted molar refractivity (Wildman–Crippen MR) is 102 cm³/mol. The van der Waals surface area contributed by atoms with Crippen molar-refractivity contribution in [1.82, 2.24) is 14.9 Å². The van der Waals surface area contributed by atoms with Crippen LogP contribution in [0, 0.1) is 5.41 Å². The number of rotatable bonds is 5. The maximum absolute atomic E-state index is 12.5. The monoisotopic (exact) mass is 350 g/mol. The van der Waals surface area contributed by atoms with Gasteiger partial charge in [0.25, 0.3) is 0 Å². The molecule has 1 aromatic carbocycles. The SMILES string of the molecule is O=C1CC2(CCN(c3cnccn3)CC2)CN1CCCc1ccccc1. The zero-order valence-corrected chi connectivity index (χ0v) is 15.2. The molecule has 4 rings (SSSR count). The van der Waals surface area contributed by atoms with E-state index in [0.717, 1.165) is 57.7 Å². The lowest BCUT2D eigenvalue weighted by Gasteiger charge is -2.39. The molecule has 3 heterocycles. The normalized spacial score (nSPS) is 19.3. The highest BCUT2D eigenvalue weighted by Crippen LogP contribution is 2.41. The zero-order chi connectivity index (χ0) is 17.8. The molecule has 26 heavy (non-hydrogen) atoms. The van der Waals surface area contributed by atoms with Crippen molar-refractivity contribution >= 4 is 11.7 Å². The number of aryl methyl sites for hydroxylation is 1. The number of likely N-dealkylation sites (tertiary alicyclic amines) is 1. The zero-order valence-electron chi connectivity index (χ0n) is 15.2. The maximum Gasteiger partial charge on any atom is 0.223 e. The molecule has 2 aliphatic heterocycles. The lowest BCUT2D eigenvalue weighted by atomic mass is 9.77. The van der Waals surface area contributed by atoms with Crippen LogP contribution in [-0.2, 0) is 11.2 Å². The first kappa shape index (κ1) is 17.0. The molecule has 2 fully saturated rings. The van der Waals surface area contributed by atoms with Gasteiger partial charge in [-0.25, -0.2) is 4.98 Å². The number of benzene rings is 1. The fourth-order valence-corrected chi connectivity index (χ4v) is 4.30. The lowest BCUT2D eigenvalue weighted by Crippen LogP contribution is -2.42. The van der Waals surface area contributed by atoms with Crippen molar-refractivity contribution in [2.24, 2.45) is 5.41 Å². The smallest absolute Gasteiger partial charge is 0.223 e. The fraction of sp³-hybridized carbons (Fsp3) is 0.476. The van der Waals surface area contributed by atoms with Gasteiger partial charge in [-0.1, -0.05) is 30.3 Å². The van der Waals surface area contributed by atoms with Gasteiger partial charge in [0.15, 0.2) is 0 Å². The van der Waals surface area contributed by atoms with Crippen molar-refractivity contribution in [2.75, 3.05) is 31.1 Å². The number of carbonyl (C=O) groups is 1. The van der Waals surface area contributed by atoms with Crippen molar-refractivity contribution in [1.29, 1.82) is 0 Å². The summed E-state index contributed by atoms with van der Waals surface area (Å²) < 4.78 is 0. The Balaban J connectivity index is 1.29. The van der Waals surface area contributed by atoms with E-state index >= 15 is 0 Å². The molecule has 0 radical (unpaired) electrons. The van der Waals surface area contributed by atoms with Crippen LogP contribution < -0.4 is 4.90 Å². The molecule has 0 unspecified atom stereocenters. The van der Waals surface area contributed by atoms with Crippen LogP contribution >= 0.6 is 0 Å². The highest BCUT2D eigenvalue weighted by atomic mass is 16.2. The topological polar surface area (TPSA) is 49.3 Å². The van der Waals surface area contributed by atoms with Crippen LogP contribution in [-0.4, -0.2) is 47.0 Å². The highest BCUT2D eigenvalue weighted by Gasteiger charge is 2.44. The Kier molecular flexibility index (Phi) is 4.87. The van der Waals surface area contributed by atoms with Gasteiger partial charge < -0.3 is 9.80 Å². The molecule has 2 aliphatic rings. The molecule has 2 aromatic rings. The summed E-state index contributed by atoms with van der Waals surface area (Å²) in [6.45, 7) is 3.73. The van der Waals surface area contributed by atoms with Crippen molar-refractivity contribution in [3.8, 4) is 0 Å². The third-order valence-electron chi connectivity index (χ3n) is 5.84. The highest BCUT2D eigenvalue weighted by molar-refractivity contribution is 5.79. The summed E-state index contributed by atoms with van der Waals surface area (Å²) in [7, 11) is 0. The van der Waals surface area contributed by atoms with E-state index in [-0.39, 0.29) is 5.41 Å². The largest absolute Gasteiger partial charge is 0.355 e. The molecular formula is C21H26N4O. The van der Waals surface area contributed by atoms with Crippen LogP contribution in [0.1, 0.15) is 31.2 Å². The number of carbonyl (C=O) groups excluding carboxylic acids is 1. The third-order valence-corrected chi connectivity index (χ3v) is 5.84. The Morgan fingerprint density at radius 1 is 1.08 bits per heavy atom. The second-order valence-corrected chi connectivity index (χ2v) is 7.63. The van der Waals surface area contributed by atoms with Crippen LogP contribution in [0.15, 0.2) is 48.9 Å². The quantitative estimate of drug-likeness (QED) is 0.832. The molecule has 0 N–H and O–H groups in total. The number of aromatic nitrogens is 2. The third kappa shape index (κ3) is 3.71. The minimum Gasteiger partial charge on any atom is -0.355 e. The maximum atomic E-state index is 12.5. The summed E-state index contributed by atoms with van der Waals surface area (Å²) in [4.78, 5) is 25.5. The lowest BCUT2D eigenvalue weighted by molar-refractivity contribution is -0.127. The summed E-state index contributed by atoms with van der Waals surface area (Å²) in [6, 6.07) is 10.5. The summed E-state index contributed by atoms with van der Waals surface area (Å²) in [6.07, 6.45) is 10.2. The molecular weight excluding hydrogens is 324 g/mol. The van der Waals surface area contributed by atoms with Gasteiger partial charge in [0.05, 0.1) is 6.20 Å². The van der Waals surface area contributed by atoms with Crippen LogP contribution in [0.5, 0.6) is 0 Å². The Morgan fingerprint density at radius 2 is 1.88 bits per heavy atom. The summed E-state index contributed by atoms with van der Waals surface area (Å²) in [5.74, 6) is 1.29. The van der Waals surface area contributed by atoms with Gasteiger partial charge in [-0.15, -0.1) is 0 Å². The van der Waals surface area contributed by atoms with Gasteiger partial charge in [-0.3, -0.25) is 9.78 Å². The van der Waals surface area contributed by atoms with Gasteiger partial charge in [-0.05, 0) is 31.2 Å². The van der Waals surface area contributed by atoms with Crippen molar-refractivity contribution in [3.05, 3.63) is 54.5 Å².